The number of hydrogen-bond acceptors (Lipinski definition) is 4. The standard InChI is InChI=1S/C15H14N2O2S/c1-19-14-5-2-11(3-6-14)4-7-15(18)17-13-8-12(9-13)16-10-20/h2-3,5-6,12-13H,8-9H2,1H3,(H,17,18)/t12-,13+. The van der Waals surface area contributed by atoms with Crippen molar-refractivity contribution in [2.24, 2.45) is 4.99 Å². The third-order valence-corrected chi connectivity index (χ3v) is 3.20. The van der Waals surface area contributed by atoms with Gasteiger partial charge in [-0.25, -0.2) is 4.99 Å². The highest BCUT2D eigenvalue weighted by Crippen LogP contribution is 2.22. The van der Waals surface area contributed by atoms with Gasteiger partial charge in [-0.05, 0) is 49.3 Å². The number of carbonyl (C=O) groups excluding carboxylic acids is 1. The fraction of sp³-hybridized carbons (Fsp3) is 0.333. The average molecular weight is 286 g/mol. The Bertz CT molecular complexity index is 589. The Morgan fingerprint density at radius 2 is 2.10 bits per heavy atom. The lowest BCUT2D eigenvalue weighted by molar-refractivity contribution is -0.116. The molecule has 2 rings (SSSR count). The summed E-state index contributed by atoms with van der Waals surface area (Å²) in [6.45, 7) is 0. The summed E-state index contributed by atoms with van der Waals surface area (Å²) in [5.74, 6) is 5.89. The Morgan fingerprint density at radius 3 is 2.70 bits per heavy atom. The van der Waals surface area contributed by atoms with Gasteiger partial charge >= 0.3 is 0 Å². The number of isothiocyanates is 1. The van der Waals surface area contributed by atoms with Crippen LogP contribution in [0.4, 0.5) is 0 Å². The Balaban J connectivity index is 1.83. The van der Waals surface area contributed by atoms with Crippen molar-refractivity contribution in [2.75, 3.05) is 7.11 Å². The molecule has 1 saturated carbocycles. The van der Waals surface area contributed by atoms with Crippen molar-refractivity contribution in [2.45, 2.75) is 24.9 Å². The number of nitrogens with one attached hydrogen (secondary N) is 1. The van der Waals surface area contributed by atoms with Crippen LogP contribution in [0, 0.1) is 11.8 Å². The summed E-state index contributed by atoms with van der Waals surface area (Å²) in [4.78, 5) is 15.6. The van der Waals surface area contributed by atoms with Gasteiger partial charge < -0.3 is 10.1 Å². The SMILES string of the molecule is COc1ccc(C#CC(=O)N[C@H]2C[C@@H](N=C=S)C2)cc1. The third-order valence-electron chi connectivity index (χ3n) is 3.09. The average Bonchev–Trinajstić information content (AvgIpc) is 2.43. The lowest BCUT2D eigenvalue weighted by Gasteiger charge is -2.31. The molecule has 0 spiro atoms. The highest BCUT2D eigenvalue weighted by Gasteiger charge is 2.29. The maximum atomic E-state index is 11.6. The number of amides is 1. The molecule has 1 aliphatic carbocycles. The van der Waals surface area contributed by atoms with Gasteiger partial charge in [0.15, 0.2) is 0 Å². The molecule has 20 heavy (non-hydrogen) atoms. The second kappa shape index (κ2) is 6.85. The van der Waals surface area contributed by atoms with Gasteiger partial charge in [-0.2, -0.15) is 0 Å². The summed E-state index contributed by atoms with van der Waals surface area (Å²) in [6, 6.07) is 7.58. The van der Waals surface area contributed by atoms with Crippen molar-refractivity contribution in [3.05, 3.63) is 29.8 Å². The van der Waals surface area contributed by atoms with Crippen LogP contribution in [-0.4, -0.2) is 30.3 Å². The van der Waals surface area contributed by atoms with Gasteiger partial charge in [0.05, 0.1) is 18.3 Å². The van der Waals surface area contributed by atoms with Crippen LogP contribution in [0.3, 0.4) is 0 Å². The minimum Gasteiger partial charge on any atom is -0.497 e. The van der Waals surface area contributed by atoms with E-state index in [1.165, 1.54) is 0 Å². The van der Waals surface area contributed by atoms with E-state index in [0.29, 0.717) is 0 Å². The molecule has 0 aliphatic heterocycles. The predicted octanol–water partition coefficient (Wildman–Crippen LogP) is 1.80. The van der Waals surface area contributed by atoms with E-state index in [1.54, 1.807) is 7.11 Å². The van der Waals surface area contributed by atoms with Crippen molar-refractivity contribution in [1.29, 1.82) is 0 Å². The van der Waals surface area contributed by atoms with Crippen LogP contribution in [0.25, 0.3) is 0 Å². The molecule has 1 N–H and O–H groups in total. The molecule has 1 fully saturated rings. The summed E-state index contributed by atoms with van der Waals surface area (Å²) in [7, 11) is 1.60. The van der Waals surface area contributed by atoms with Crippen LogP contribution < -0.4 is 10.1 Å². The van der Waals surface area contributed by atoms with E-state index < -0.39 is 0 Å². The lowest BCUT2D eigenvalue weighted by Crippen LogP contribution is -2.45. The topological polar surface area (TPSA) is 50.7 Å². The number of carbonyl (C=O) groups is 1. The fourth-order valence-electron chi connectivity index (χ4n) is 1.91. The minimum atomic E-state index is -0.268. The first-order chi connectivity index (χ1) is 9.71. The number of aliphatic imine (C=N–C) groups is 1. The second-order valence-electron chi connectivity index (χ2n) is 4.49. The molecule has 0 unspecified atom stereocenters. The molecule has 0 atom stereocenters. The molecule has 0 radical (unpaired) electrons. The zero-order valence-electron chi connectivity index (χ0n) is 11.1. The maximum Gasteiger partial charge on any atom is 0.296 e. The van der Waals surface area contributed by atoms with Gasteiger partial charge in [-0.15, -0.1) is 0 Å². The highest BCUT2D eigenvalue weighted by atomic mass is 32.1. The summed E-state index contributed by atoms with van der Waals surface area (Å²) in [5, 5.41) is 5.20. The normalized spacial score (nSPS) is 19.6. The van der Waals surface area contributed by atoms with Crippen molar-refractivity contribution < 1.29 is 9.53 Å². The molecule has 0 heterocycles. The molecule has 1 aromatic rings. The second-order valence-corrected chi connectivity index (χ2v) is 4.68. The van der Waals surface area contributed by atoms with E-state index in [0.717, 1.165) is 24.2 Å². The van der Waals surface area contributed by atoms with Crippen molar-refractivity contribution in [3.8, 4) is 17.6 Å². The lowest BCUT2D eigenvalue weighted by atomic mass is 9.87. The van der Waals surface area contributed by atoms with Gasteiger partial charge in [0, 0.05) is 17.5 Å². The van der Waals surface area contributed by atoms with Gasteiger partial charge in [0.2, 0.25) is 0 Å². The summed E-state index contributed by atoms with van der Waals surface area (Å²) < 4.78 is 5.05. The number of rotatable bonds is 3. The highest BCUT2D eigenvalue weighted by molar-refractivity contribution is 7.78. The molecule has 1 aromatic carbocycles. The van der Waals surface area contributed by atoms with E-state index in [9.17, 15) is 4.79 Å². The smallest absolute Gasteiger partial charge is 0.296 e. The van der Waals surface area contributed by atoms with Crippen molar-refractivity contribution >= 4 is 23.3 Å². The van der Waals surface area contributed by atoms with Crippen LogP contribution >= 0.6 is 12.2 Å². The Labute approximate surface area is 123 Å². The monoisotopic (exact) mass is 286 g/mol. The summed E-state index contributed by atoms with van der Waals surface area (Å²) in [5.41, 5.74) is 0.776. The molecule has 0 saturated heterocycles. The fourth-order valence-corrected chi connectivity index (χ4v) is 2.06. The van der Waals surface area contributed by atoms with Crippen LogP contribution in [0.15, 0.2) is 29.3 Å². The molecule has 1 aliphatic rings. The molecular weight excluding hydrogens is 272 g/mol. The van der Waals surface area contributed by atoms with E-state index in [1.807, 2.05) is 24.3 Å². The Kier molecular flexibility index (Phi) is 4.89. The van der Waals surface area contributed by atoms with Gasteiger partial charge in [-0.1, -0.05) is 5.92 Å². The van der Waals surface area contributed by atoms with Crippen LogP contribution in [0.5, 0.6) is 5.75 Å². The largest absolute Gasteiger partial charge is 0.497 e. The van der Waals surface area contributed by atoms with Crippen LogP contribution in [-0.2, 0) is 4.79 Å². The van der Waals surface area contributed by atoms with Crippen molar-refractivity contribution in [1.82, 2.24) is 5.32 Å². The van der Waals surface area contributed by atoms with Gasteiger partial charge in [0.25, 0.3) is 5.91 Å². The summed E-state index contributed by atoms with van der Waals surface area (Å²) in [6.07, 6.45) is 1.61. The van der Waals surface area contributed by atoms with Crippen molar-refractivity contribution in [3.63, 3.8) is 0 Å². The molecule has 1 amide bonds. The minimum absolute atomic E-state index is 0.143. The third kappa shape index (κ3) is 3.92. The zero-order chi connectivity index (χ0) is 14.4. The van der Waals surface area contributed by atoms with E-state index in [-0.39, 0.29) is 18.0 Å². The molecule has 4 nitrogen and oxygen atoms in total. The van der Waals surface area contributed by atoms with E-state index in [4.69, 9.17) is 4.74 Å². The first-order valence-corrected chi connectivity index (χ1v) is 6.65. The van der Waals surface area contributed by atoms with Crippen LogP contribution in [0.1, 0.15) is 18.4 Å². The first kappa shape index (κ1) is 14.3. The molecule has 0 bridgehead atoms. The number of methoxy groups -OCH3 is 1. The van der Waals surface area contributed by atoms with Gasteiger partial charge in [0.1, 0.15) is 5.75 Å². The first-order valence-electron chi connectivity index (χ1n) is 6.25. The Hall–Kier alpha value is -2.15. The molecule has 102 valence electrons. The number of ether oxygens (including phenoxy) is 1. The van der Waals surface area contributed by atoms with E-state index in [2.05, 4.69) is 39.5 Å². The van der Waals surface area contributed by atoms with E-state index >= 15 is 0 Å². The zero-order valence-corrected chi connectivity index (χ0v) is 11.9. The van der Waals surface area contributed by atoms with Gasteiger partial charge in [-0.3, -0.25) is 4.79 Å². The predicted molar refractivity (Wildman–Crippen MR) is 79.9 cm³/mol. The number of nitrogens with zero attached hydrogens (tertiary/aromatic N) is 1. The number of thiocarbonyl (C=S) groups is 1. The maximum absolute atomic E-state index is 11.6. The summed E-state index contributed by atoms with van der Waals surface area (Å²) >= 11 is 4.53. The Morgan fingerprint density at radius 1 is 1.40 bits per heavy atom. The molecule has 0 aromatic heterocycles. The number of benzene rings is 1. The molecular formula is C15H14N2O2S. The van der Waals surface area contributed by atoms with Crippen LogP contribution in [0.2, 0.25) is 0 Å². The quantitative estimate of drug-likeness (QED) is 0.523. The number of hydrogen-bond donors (Lipinski definition) is 1. The molecule has 5 heteroatoms.